The van der Waals surface area contributed by atoms with E-state index in [0.29, 0.717) is 47.0 Å². The van der Waals surface area contributed by atoms with Gasteiger partial charge in [0, 0.05) is 37.2 Å². The lowest BCUT2D eigenvalue weighted by molar-refractivity contribution is 0.0302. The number of methoxy groups -OCH3 is 1. The predicted octanol–water partition coefficient (Wildman–Crippen LogP) is 3.62. The molecule has 3 aromatic heterocycles. The lowest BCUT2D eigenvalue weighted by Gasteiger charge is -2.35. The molecule has 1 saturated carbocycles. The van der Waals surface area contributed by atoms with Crippen LogP contribution in [0, 0.1) is 5.92 Å². The van der Waals surface area contributed by atoms with Gasteiger partial charge >= 0.3 is 5.97 Å². The Morgan fingerprint density at radius 1 is 1.22 bits per heavy atom. The second-order valence-electron chi connectivity index (χ2n) is 11.3. The Labute approximate surface area is 239 Å². The molecule has 41 heavy (non-hydrogen) atoms. The second kappa shape index (κ2) is 11.0. The number of ether oxygens (including phenoxy) is 3. The van der Waals surface area contributed by atoms with Crippen molar-refractivity contribution in [2.75, 3.05) is 31.0 Å². The number of rotatable bonds is 10. The topological polar surface area (TPSA) is 156 Å². The number of hydrogen-bond acceptors (Lipinski definition) is 11. The summed E-state index contributed by atoms with van der Waals surface area (Å²) in [4.78, 5) is 26.3. The molecule has 0 amide bonds. The van der Waals surface area contributed by atoms with Gasteiger partial charge in [-0.25, -0.2) is 28.2 Å². The van der Waals surface area contributed by atoms with Gasteiger partial charge in [-0.1, -0.05) is 19.6 Å². The Morgan fingerprint density at radius 2 is 1.98 bits per heavy atom. The van der Waals surface area contributed by atoms with Gasteiger partial charge in [0.05, 0.1) is 34.5 Å². The molecule has 5 rings (SSSR count). The fourth-order valence-corrected chi connectivity index (χ4v) is 6.62. The van der Waals surface area contributed by atoms with E-state index in [0.717, 1.165) is 10.9 Å². The molecule has 0 radical (unpaired) electrons. The highest BCUT2D eigenvalue weighted by Gasteiger charge is 2.35. The first-order chi connectivity index (χ1) is 19.4. The summed E-state index contributed by atoms with van der Waals surface area (Å²) >= 11 is 0. The van der Waals surface area contributed by atoms with Crippen molar-refractivity contribution in [2.24, 2.45) is 11.7 Å². The minimum absolute atomic E-state index is 0.0824. The Hall–Kier alpha value is -3.61. The van der Waals surface area contributed by atoms with E-state index in [1.54, 1.807) is 37.7 Å². The summed E-state index contributed by atoms with van der Waals surface area (Å²) in [5.74, 6) is 1.10. The van der Waals surface area contributed by atoms with E-state index in [4.69, 9.17) is 24.9 Å². The molecule has 0 aromatic carbocycles. The largest absolute Gasteiger partial charge is 0.474 e. The van der Waals surface area contributed by atoms with Gasteiger partial charge in [0.1, 0.15) is 33.7 Å². The molecule has 1 aliphatic heterocycles. The molecule has 3 N–H and O–H groups in total. The quantitative estimate of drug-likeness (QED) is 0.266. The normalized spacial score (nSPS) is 23.6. The zero-order valence-corrected chi connectivity index (χ0v) is 24.4. The number of hydrogen-bond donors (Lipinski definition) is 2. The number of cyclic esters (lactones) is 1. The summed E-state index contributed by atoms with van der Waals surface area (Å²) in [6, 6.07) is 5.26. The average molecular weight is 582 g/mol. The maximum atomic E-state index is 12.4. The molecule has 218 valence electrons. The summed E-state index contributed by atoms with van der Waals surface area (Å²) in [6.45, 7) is 7.83. The highest BCUT2D eigenvalue weighted by molar-refractivity contribution is 7.90. The predicted molar refractivity (Wildman–Crippen MR) is 155 cm³/mol. The van der Waals surface area contributed by atoms with Crippen LogP contribution in [0.5, 0.6) is 5.88 Å². The van der Waals surface area contributed by atoms with E-state index in [1.165, 1.54) is 6.26 Å². The van der Waals surface area contributed by atoms with Crippen molar-refractivity contribution >= 4 is 38.2 Å². The molecular formula is C29H35N5O6S. The van der Waals surface area contributed by atoms with E-state index in [1.807, 2.05) is 19.9 Å². The molecule has 1 fully saturated rings. The van der Waals surface area contributed by atoms with E-state index < -0.39 is 27.4 Å². The molecule has 0 bridgehead atoms. The van der Waals surface area contributed by atoms with Crippen molar-refractivity contribution in [3.8, 4) is 5.88 Å². The first kappa shape index (κ1) is 28.9. The maximum Gasteiger partial charge on any atom is 0.340 e. The highest BCUT2D eigenvalue weighted by atomic mass is 32.2. The molecule has 2 aliphatic rings. The smallest absolute Gasteiger partial charge is 0.340 e. The summed E-state index contributed by atoms with van der Waals surface area (Å²) < 4.78 is 40.3. The standard InChI is InChI=1S/C29H35N5O6S/c1-6-23-16(2)26-19(28(35)40-23)7-8-24(34-26)33-25-11-20-21(12-31-25)27(32-13-22(20)29(3,30)15-38-4)39-18-9-17(10-18)14-41(5,36)37/h6-8,11-13,16-18,23H,1,9-10,14-15,30H2,2-5H3,(H,31,33,34)/t16-,17?,18?,23-,29+/m0/s1. The number of nitrogens with one attached hydrogen (secondary N) is 1. The minimum atomic E-state index is -3.03. The van der Waals surface area contributed by atoms with Crippen molar-refractivity contribution in [1.82, 2.24) is 15.0 Å². The molecule has 0 spiro atoms. The van der Waals surface area contributed by atoms with E-state index in [2.05, 4.69) is 21.9 Å². The van der Waals surface area contributed by atoms with Crippen LogP contribution in [0.2, 0.25) is 0 Å². The van der Waals surface area contributed by atoms with Gasteiger partial charge in [0.25, 0.3) is 0 Å². The number of nitrogens with zero attached hydrogens (tertiary/aromatic N) is 3. The van der Waals surface area contributed by atoms with Crippen LogP contribution < -0.4 is 15.8 Å². The van der Waals surface area contributed by atoms with Crippen molar-refractivity contribution < 1.29 is 27.4 Å². The molecule has 11 nitrogen and oxygen atoms in total. The maximum absolute atomic E-state index is 12.4. The Bertz CT molecular complexity index is 1600. The SMILES string of the molecule is C=C[C@@H]1OC(=O)c2ccc(Nc3cc4c([C@](C)(N)COC)cnc(OC5CC(CS(C)(=O)=O)C5)c4cn3)nc2[C@H]1C. The number of esters is 1. The van der Waals surface area contributed by atoms with Crippen LogP contribution >= 0.6 is 0 Å². The molecule has 3 aromatic rings. The lowest BCUT2D eigenvalue weighted by Crippen LogP contribution is -2.39. The third-order valence-corrected chi connectivity index (χ3v) is 8.68. The number of anilines is 2. The number of nitrogens with two attached hydrogens (primary N) is 1. The van der Waals surface area contributed by atoms with Crippen molar-refractivity contribution in [2.45, 2.75) is 50.4 Å². The van der Waals surface area contributed by atoms with Crippen molar-refractivity contribution in [3.05, 3.63) is 60.1 Å². The van der Waals surface area contributed by atoms with Crippen molar-refractivity contribution in [1.29, 1.82) is 0 Å². The van der Waals surface area contributed by atoms with Crippen LogP contribution in [0.1, 0.15) is 54.2 Å². The van der Waals surface area contributed by atoms with Crippen molar-refractivity contribution in [3.63, 3.8) is 0 Å². The van der Waals surface area contributed by atoms with Gasteiger partial charge < -0.3 is 25.3 Å². The first-order valence-electron chi connectivity index (χ1n) is 13.4. The number of carbonyl (C=O) groups is 1. The van der Waals surface area contributed by atoms with Crippen LogP contribution in [0.25, 0.3) is 10.8 Å². The first-order valence-corrected chi connectivity index (χ1v) is 15.5. The van der Waals surface area contributed by atoms with E-state index in [9.17, 15) is 13.2 Å². The van der Waals surface area contributed by atoms with Gasteiger partial charge in [-0.05, 0) is 49.3 Å². The monoisotopic (exact) mass is 581 g/mol. The lowest BCUT2D eigenvalue weighted by atomic mass is 9.84. The van der Waals surface area contributed by atoms with Gasteiger partial charge in [-0.2, -0.15) is 0 Å². The molecule has 1 aliphatic carbocycles. The van der Waals surface area contributed by atoms with Gasteiger partial charge in [0.2, 0.25) is 5.88 Å². The Balaban J connectivity index is 1.46. The zero-order valence-electron chi connectivity index (χ0n) is 23.6. The Morgan fingerprint density at radius 3 is 2.66 bits per heavy atom. The molecule has 3 atom stereocenters. The van der Waals surface area contributed by atoms with Gasteiger partial charge in [0.15, 0.2) is 0 Å². The highest BCUT2D eigenvalue weighted by Crippen LogP contribution is 2.37. The Kier molecular flexibility index (Phi) is 7.75. The van der Waals surface area contributed by atoms with Crippen LogP contribution in [-0.2, 0) is 24.8 Å². The third kappa shape index (κ3) is 6.04. The number of fused-ring (bicyclic) bond motifs is 2. The summed E-state index contributed by atoms with van der Waals surface area (Å²) in [5, 5.41) is 4.70. The number of aromatic nitrogens is 3. The fraction of sp³-hybridized carbons (Fsp3) is 0.448. The third-order valence-electron chi connectivity index (χ3n) is 7.60. The van der Waals surface area contributed by atoms with Crippen LogP contribution in [-0.4, -0.2) is 67.3 Å². The van der Waals surface area contributed by atoms with E-state index >= 15 is 0 Å². The summed E-state index contributed by atoms with van der Waals surface area (Å²) in [7, 11) is -1.45. The average Bonchev–Trinajstić information content (AvgIpc) is 2.88. The summed E-state index contributed by atoms with van der Waals surface area (Å²) in [5.41, 5.74) is 7.60. The molecule has 4 heterocycles. The molecular weight excluding hydrogens is 546 g/mol. The molecule has 0 saturated heterocycles. The van der Waals surface area contributed by atoms with Crippen LogP contribution in [0.15, 0.2) is 43.2 Å². The van der Waals surface area contributed by atoms with Crippen LogP contribution in [0.4, 0.5) is 11.6 Å². The summed E-state index contributed by atoms with van der Waals surface area (Å²) in [6.07, 6.45) is 6.92. The second-order valence-corrected chi connectivity index (χ2v) is 13.4. The molecule has 12 heteroatoms. The van der Waals surface area contributed by atoms with E-state index in [-0.39, 0.29) is 30.3 Å². The van der Waals surface area contributed by atoms with Gasteiger partial charge in [-0.3, -0.25) is 0 Å². The van der Waals surface area contributed by atoms with Gasteiger partial charge in [-0.15, -0.1) is 0 Å². The minimum Gasteiger partial charge on any atom is -0.474 e. The number of carbonyl (C=O) groups excluding carboxylic acids is 1. The zero-order chi connectivity index (χ0) is 29.5. The van der Waals surface area contributed by atoms with Crippen LogP contribution in [0.3, 0.4) is 0 Å². The number of pyridine rings is 3. The molecule has 0 unspecified atom stereocenters. The fourth-order valence-electron chi connectivity index (χ4n) is 5.49. The number of sulfone groups is 1.